The molecule has 1 heterocycles. The number of carbonyl (C=O) groups excluding carboxylic acids is 1. The van der Waals surface area contributed by atoms with Crippen LogP contribution in [-0.4, -0.2) is 54.6 Å². The monoisotopic (exact) mass is 322 g/mol. The summed E-state index contributed by atoms with van der Waals surface area (Å²) < 4.78 is 5.59. The van der Waals surface area contributed by atoms with Gasteiger partial charge in [0.05, 0.1) is 37.6 Å². The summed E-state index contributed by atoms with van der Waals surface area (Å²) in [5.41, 5.74) is 0.673. The fourth-order valence-corrected chi connectivity index (χ4v) is 2.76. The minimum Gasteiger partial charge on any atom is -0.474 e. The number of carbonyl (C=O) groups is 1. The molecule has 1 saturated heterocycles. The lowest BCUT2D eigenvalue weighted by Crippen LogP contribution is -3.14. The Labute approximate surface area is 136 Å². The number of hydrogen-bond acceptors (Lipinski definition) is 4. The summed E-state index contributed by atoms with van der Waals surface area (Å²) in [5, 5.41) is 11.1. The maximum Gasteiger partial charge on any atom is 0.311 e. The van der Waals surface area contributed by atoms with E-state index in [2.05, 4.69) is 6.92 Å². The summed E-state index contributed by atoms with van der Waals surface area (Å²) in [6.45, 7) is 9.88. The first-order chi connectivity index (χ1) is 10.9. The van der Waals surface area contributed by atoms with Crippen molar-refractivity contribution in [2.24, 2.45) is 0 Å². The minimum absolute atomic E-state index is 0.107. The molecular formula is C16H24N3O4+. The average Bonchev–Trinajstić information content (AvgIpc) is 2.55. The Hall–Kier alpha value is -2.15. The van der Waals surface area contributed by atoms with Crippen LogP contribution < -0.4 is 9.64 Å². The van der Waals surface area contributed by atoms with E-state index in [1.165, 1.54) is 11.0 Å². The van der Waals surface area contributed by atoms with Gasteiger partial charge in [0.1, 0.15) is 0 Å². The van der Waals surface area contributed by atoms with Gasteiger partial charge >= 0.3 is 5.69 Å². The van der Waals surface area contributed by atoms with Crippen molar-refractivity contribution in [3.8, 4) is 5.75 Å². The van der Waals surface area contributed by atoms with Crippen LogP contribution in [-0.2, 0) is 4.79 Å². The van der Waals surface area contributed by atoms with E-state index in [0.717, 1.165) is 25.2 Å². The molecule has 1 aromatic carbocycles. The molecule has 0 radical (unpaired) electrons. The predicted octanol–water partition coefficient (Wildman–Crippen LogP) is 0.418. The highest BCUT2D eigenvalue weighted by molar-refractivity contribution is 5.81. The molecule has 1 atom stereocenters. The van der Waals surface area contributed by atoms with Crippen LogP contribution >= 0.6 is 0 Å². The van der Waals surface area contributed by atoms with Crippen molar-refractivity contribution in [3.05, 3.63) is 33.9 Å². The number of nitrogens with one attached hydrogen (secondary N) is 1. The quantitative estimate of drug-likeness (QED) is 0.629. The van der Waals surface area contributed by atoms with Crippen LogP contribution in [0.5, 0.6) is 5.75 Å². The zero-order chi connectivity index (χ0) is 17.0. The molecule has 1 fully saturated rings. The van der Waals surface area contributed by atoms with Gasteiger partial charge in [-0.15, -0.1) is 0 Å². The highest BCUT2D eigenvalue weighted by atomic mass is 16.6. The molecule has 1 aliphatic rings. The normalized spacial score (nSPS) is 16.9. The molecule has 1 aromatic rings. The van der Waals surface area contributed by atoms with Gasteiger partial charge < -0.3 is 14.5 Å². The fourth-order valence-electron chi connectivity index (χ4n) is 2.76. The van der Waals surface area contributed by atoms with Crippen molar-refractivity contribution in [2.75, 3.05) is 32.7 Å². The molecular weight excluding hydrogens is 298 g/mol. The van der Waals surface area contributed by atoms with Crippen molar-refractivity contribution in [1.29, 1.82) is 0 Å². The van der Waals surface area contributed by atoms with Crippen LogP contribution in [0.3, 0.4) is 0 Å². The van der Waals surface area contributed by atoms with Crippen LogP contribution in [0.15, 0.2) is 18.2 Å². The van der Waals surface area contributed by atoms with Gasteiger partial charge in [-0.25, -0.2) is 0 Å². The zero-order valence-corrected chi connectivity index (χ0v) is 13.9. The number of piperazine rings is 1. The Morgan fingerprint density at radius 1 is 1.43 bits per heavy atom. The molecule has 1 N–H and O–H groups in total. The van der Waals surface area contributed by atoms with E-state index in [1.54, 1.807) is 30.9 Å². The standard InChI is InChI=1S/C16H23N3O4/c1-4-17-7-9-18(10-8-17)16(20)13(3)23-15-6-5-12(2)11-14(15)19(21)22/h5-6,11,13H,4,7-10H2,1-3H3/p+1/t13-/m1/s1. The molecule has 2 rings (SSSR count). The van der Waals surface area contributed by atoms with Gasteiger partial charge in [0.25, 0.3) is 5.91 Å². The SMILES string of the molecule is CC[NH+]1CCN(C(=O)[C@@H](C)Oc2ccc(C)cc2[N+](=O)[O-])CC1. The first-order valence-electron chi connectivity index (χ1n) is 7.96. The smallest absolute Gasteiger partial charge is 0.311 e. The lowest BCUT2D eigenvalue weighted by molar-refractivity contribution is -0.902. The molecule has 0 aromatic heterocycles. The Balaban J connectivity index is 2.03. The number of nitro benzene ring substituents is 1. The number of benzene rings is 1. The van der Waals surface area contributed by atoms with Crippen molar-refractivity contribution in [1.82, 2.24) is 4.90 Å². The van der Waals surface area contributed by atoms with Gasteiger partial charge in [-0.05, 0) is 32.4 Å². The first-order valence-corrected chi connectivity index (χ1v) is 7.96. The molecule has 7 nitrogen and oxygen atoms in total. The molecule has 0 saturated carbocycles. The van der Waals surface area contributed by atoms with Crippen molar-refractivity contribution in [3.63, 3.8) is 0 Å². The molecule has 0 unspecified atom stereocenters. The lowest BCUT2D eigenvalue weighted by atomic mass is 10.2. The summed E-state index contributed by atoms with van der Waals surface area (Å²) in [6.07, 6.45) is -0.736. The van der Waals surface area contributed by atoms with Gasteiger partial charge in [-0.2, -0.15) is 0 Å². The number of likely N-dealkylation sites (N-methyl/N-ethyl adjacent to an activating group) is 1. The molecule has 0 aliphatic carbocycles. The van der Waals surface area contributed by atoms with E-state index in [4.69, 9.17) is 4.74 Å². The molecule has 0 spiro atoms. The van der Waals surface area contributed by atoms with Gasteiger partial charge in [-0.3, -0.25) is 14.9 Å². The van der Waals surface area contributed by atoms with E-state index in [1.807, 2.05) is 0 Å². The second-order valence-corrected chi connectivity index (χ2v) is 5.92. The summed E-state index contributed by atoms with van der Waals surface area (Å²) in [4.78, 5) is 26.4. The fraction of sp³-hybridized carbons (Fsp3) is 0.562. The maximum atomic E-state index is 12.5. The third-order valence-corrected chi connectivity index (χ3v) is 4.24. The minimum atomic E-state index is -0.736. The van der Waals surface area contributed by atoms with Crippen LogP contribution in [0.2, 0.25) is 0 Å². The summed E-state index contributed by atoms with van der Waals surface area (Å²) >= 11 is 0. The topological polar surface area (TPSA) is 77.1 Å². The summed E-state index contributed by atoms with van der Waals surface area (Å²) in [7, 11) is 0. The lowest BCUT2D eigenvalue weighted by Gasteiger charge is -2.33. The summed E-state index contributed by atoms with van der Waals surface area (Å²) in [5.74, 6) is 0.0225. The molecule has 1 amide bonds. The number of hydrogen-bond donors (Lipinski definition) is 1. The third kappa shape index (κ3) is 4.19. The largest absolute Gasteiger partial charge is 0.474 e. The van der Waals surface area contributed by atoms with E-state index < -0.39 is 11.0 Å². The number of nitrogens with zero attached hydrogens (tertiary/aromatic N) is 2. The molecule has 0 bridgehead atoms. The van der Waals surface area contributed by atoms with Crippen molar-refractivity contribution >= 4 is 11.6 Å². The first kappa shape index (κ1) is 17.2. The van der Waals surface area contributed by atoms with Gasteiger partial charge in [-0.1, -0.05) is 6.07 Å². The van der Waals surface area contributed by atoms with E-state index >= 15 is 0 Å². The number of quaternary nitrogens is 1. The number of rotatable bonds is 5. The van der Waals surface area contributed by atoms with Gasteiger partial charge in [0.15, 0.2) is 11.9 Å². The van der Waals surface area contributed by atoms with Crippen molar-refractivity contribution in [2.45, 2.75) is 26.9 Å². The highest BCUT2D eigenvalue weighted by Crippen LogP contribution is 2.28. The number of amides is 1. The Morgan fingerprint density at radius 2 is 2.09 bits per heavy atom. The molecule has 23 heavy (non-hydrogen) atoms. The van der Waals surface area contributed by atoms with Gasteiger partial charge in [0.2, 0.25) is 0 Å². The summed E-state index contributed by atoms with van der Waals surface area (Å²) in [6, 6.07) is 4.75. The molecule has 1 aliphatic heterocycles. The van der Waals surface area contributed by atoms with Crippen molar-refractivity contribution < 1.29 is 19.4 Å². The zero-order valence-electron chi connectivity index (χ0n) is 13.9. The molecule has 126 valence electrons. The Bertz CT molecular complexity index is 583. The van der Waals surface area contributed by atoms with Crippen LogP contribution in [0, 0.1) is 17.0 Å². The predicted molar refractivity (Wildman–Crippen MR) is 85.7 cm³/mol. The van der Waals surface area contributed by atoms with Gasteiger partial charge in [0, 0.05) is 6.07 Å². The number of ether oxygens (including phenoxy) is 1. The number of aryl methyl sites for hydroxylation is 1. The van der Waals surface area contributed by atoms with Crippen LogP contribution in [0.25, 0.3) is 0 Å². The van der Waals surface area contributed by atoms with Crippen LogP contribution in [0.1, 0.15) is 19.4 Å². The molecule has 7 heteroatoms. The average molecular weight is 322 g/mol. The second-order valence-electron chi connectivity index (χ2n) is 5.92. The Kier molecular flexibility index (Phi) is 5.54. The second kappa shape index (κ2) is 7.41. The number of nitro groups is 1. The maximum absolute atomic E-state index is 12.5. The Morgan fingerprint density at radius 3 is 2.65 bits per heavy atom. The third-order valence-electron chi connectivity index (χ3n) is 4.24. The highest BCUT2D eigenvalue weighted by Gasteiger charge is 2.28. The van der Waals surface area contributed by atoms with Crippen LogP contribution in [0.4, 0.5) is 5.69 Å². The van der Waals surface area contributed by atoms with E-state index in [9.17, 15) is 14.9 Å². The van der Waals surface area contributed by atoms with E-state index in [0.29, 0.717) is 13.1 Å². The van der Waals surface area contributed by atoms with E-state index in [-0.39, 0.29) is 17.3 Å².